The van der Waals surface area contributed by atoms with Gasteiger partial charge in [0.05, 0.1) is 22.3 Å². The number of ether oxygens (including phenoxy) is 3. The highest BCUT2D eigenvalue weighted by molar-refractivity contribution is 7.89. The van der Waals surface area contributed by atoms with Gasteiger partial charge in [-0.05, 0) is 55.7 Å². The summed E-state index contributed by atoms with van der Waals surface area (Å²) >= 11 is 0. The van der Waals surface area contributed by atoms with Gasteiger partial charge in [0.1, 0.15) is 25.6 Å². The lowest BCUT2D eigenvalue weighted by atomic mass is 10.1. The molecule has 2 aromatic carbocycles. The van der Waals surface area contributed by atoms with E-state index in [1.807, 2.05) is 17.6 Å². The molecule has 0 radical (unpaired) electrons. The van der Waals surface area contributed by atoms with E-state index in [2.05, 4.69) is 4.98 Å². The van der Waals surface area contributed by atoms with Crippen LogP contribution in [-0.2, 0) is 39.1 Å². The summed E-state index contributed by atoms with van der Waals surface area (Å²) in [5.41, 5.74) is 2.15. The topological polar surface area (TPSA) is 100.0 Å². The predicted molar refractivity (Wildman–Crippen MR) is 129 cm³/mol. The summed E-state index contributed by atoms with van der Waals surface area (Å²) in [5, 5.41) is 0. The summed E-state index contributed by atoms with van der Waals surface area (Å²) in [6.45, 7) is 4.68. The smallest absolute Gasteiger partial charge is 0.310 e. The van der Waals surface area contributed by atoms with Gasteiger partial charge in [0.25, 0.3) is 0 Å². The van der Waals surface area contributed by atoms with Gasteiger partial charge in [-0.1, -0.05) is 12.5 Å². The molecule has 5 rings (SSSR count). The molecule has 0 unspecified atom stereocenters. The van der Waals surface area contributed by atoms with Crippen molar-refractivity contribution in [2.45, 2.75) is 50.7 Å². The molecule has 1 fully saturated rings. The van der Waals surface area contributed by atoms with Crippen molar-refractivity contribution < 1.29 is 27.4 Å². The molecular formula is C25H29N3O6S. The molecule has 0 aliphatic carbocycles. The molecule has 9 nitrogen and oxygen atoms in total. The molecule has 0 bridgehead atoms. The number of rotatable bonds is 7. The SMILES string of the molecule is CCn1c(COC(=O)Cc2ccc3c(c2)OCCO3)nc2cc(S(=O)(=O)N3CCCCC3)ccc21. The highest BCUT2D eigenvalue weighted by Gasteiger charge is 2.27. The number of esters is 1. The summed E-state index contributed by atoms with van der Waals surface area (Å²) in [5.74, 6) is 1.49. The Morgan fingerprint density at radius 1 is 1.03 bits per heavy atom. The molecule has 2 aliphatic rings. The Hall–Kier alpha value is -3.11. The molecule has 1 saturated heterocycles. The monoisotopic (exact) mass is 499 g/mol. The number of hydrogen-bond donors (Lipinski definition) is 0. The molecule has 0 spiro atoms. The lowest BCUT2D eigenvalue weighted by Gasteiger charge is -2.25. The number of imidazole rings is 1. The third kappa shape index (κ3) is 4.85. The molecule has 0 saturated carbocycles. The van der Waals surface area contributed by atoms with Gasteiger partial charge < -0.3 is 18.8 Å². The maximum absolute atomic E-state index is 13.1. The summed E-state index contributed by atoms with van der Waals surface area (Å²) in [6, 6.07) is 10.4. The van der Waals surface area contributed by atoms with Gasteiger partial charge >= 0.3 is 5.97 Å². The van der Waals surface area contributed by atoms with Crippen LogP contribution in [0.4, 0.5) is 0 Å². The first-order chi connectivity index (χ1) is 17.0. The minimum Gasteiger partial charge on any atom is -0.486 e. The second-order valence-corrected chi connectivity index (χ2v) is 10.6. The van der Waals surface area contributed by atoms with E-state index in [1.54, 1.807) is 34.6 Å². The van der Waals surface area contributed by atoms with Crippen molar-refractivity contribution in [1.82, 2.24) is 13.9 Å². The van der Waals surface area contributed by atoms with Gasteiger partial charge in [0.15, 0.2) is 11.5 Å². The maximum Gasteiger partial charge on any atom is 0.310 e. The van der Waals surface area contributed by atoms with Crippen LogP contribution in [0.5, 0.6) is 11.5 Å². The zero-order valence-corrected chi connectivity index (χ0v) is 20.6. The average Bonchev–Trinajstić information content (AvgIpc) is 3.24. The zero-order valence-electron chi connectivity index (χ0n) is 19.7. The molecule has 2 aliphatic heterocycles. The minimum absolute atomic E-state index is 0.000113. The van der Waals surface area contributed by atoms with Crippen molar-refractivity contribution in [3.8, 4) is 11.5 Å². The van der Waals surface area contributed by atoms with Crippen molar-refractivity contribution in [1.29, 1.82) is 0 Å². The lowest BCUT2D eigenvalue weighted by molar-refractivity contribution is -0.144. The fourth-order valence-corrected chi connectivity index (χ4v) is 6.14. The van der Waals surface area contributed by atoms with Gasteiger partial charge in [0.2, 0.25) is 10.0 Å². The third-order valence-electron chi connectivity index (χ3n) is 6.39. The predicted octanol–water partition coefficient (Wildman–Crippen LogP) is 3.29. The van der Waals surface area contributed by atoms with Crippen molar-refractivity contribution in [3.63, 3.8) is 0 Å². The van der Waals surface area contributed by atoms with Crippen LogP contribution in [0.25, 0.3) is 11.0 Å². The molecular weight excluding hydrogens is 470 g/mol. The number of aromatic nitrogens is 2. The lowest BCUT2D eigenvalue weighted by Crippen LogP contribution is -2.35. The van der Waals surface area contributed by atoms with Crippen LogP contribution < -0.4 is 9.47 Å². The Morgan fingerprint density at radius 3 is 2.57 bits per heavy atom. The van der Waals surface area contributed by atoms with E-state index in [9.17, 15) is 13.2 Å². The van der Waals surface area contributed by atoms with Crippen LogP contribution in [0.2, 0.25) is 0 Å². The van der Waals surface area contributed by atoms with Gasteiger partial charge in [-0.15, -0.1) is 0 Å². The highest BCUT2D eigenvalue weighted by atomic mass is 32.2. The molecule has 35 heavy (non-hydrogen) atoms. The summed E-state index contributed by atoms with van der Waals surface area (Å²) in [7, 11) is -3.55. The van der Waals surface area contributed by atoms with Crippen molar-refractivity contribution in [3.05, 3.63) is 47.8 Å². The average molecular weight is 500 g/mol. The van der Waals surface area contributed by atoms with Crippen LogP contribution in [0, 0.1) is 0 Å². The van der Waals surface area contributed by atoms with E-state index in [-0.39, 0.29) is 23.9 Å². The van der Waals surface area contributed by atoms with Crippen LogP contribution >= 0.6 is 0 Å². The number of aryl methyl sites for hydroxylation is 1. The fraction of sp³-hybridized carbons (Fsp3) is 0.440. The Bertz CT molecular complexity index is 1340. The van der Waals surface area contributed by atoms with E-state index >= 15 is 0 Å². The fourth-order valence-electron chi connectivity index (χ4n) is 4.60. The second-order valence-electron chi connectivity index (χ2n) is 8.70. The summed E-state index contributed by atoms with van der Waals surface area (Å²) < 4.78 is 46.2. The number of carbonyl (C=O) groups excluding carboxylic acids is 1. The summed E-state index contributed by atoms with van der Waals surface area (Å²) in [4.78, 5) is 17.4. The number of carbonyl (C=O) groups is 1. The van der Waals surface area contributed by atoms with E-state index in [4.69, 9.17) is 14.2 Å². The Balaban J connectivity index is 1.30. The van der Waals surface area contributed by atoms with Crippen molar-refractivity contribution in [2.24, 2.45) is 0 Å². The number of benzene rings is 2. The second kappa shape index (κ2) is 9.87. The summed E-state index contributed by atoms with van der Waals surface area (Å²) in [6.07, 6.45) is 2.92. The number of piperidine rings is 1. The van der Waals surface area contributed by atoms with Crippen LogP contribution in [0.15, 0.2) is 41.3 Å². The van der Waals surface area contributed by atoms with Crippen molar-refractivity contribution in [2.75, 3.05) is 26.3 Å². The molecule has 1 aromatic heterocycles. The molecule has 3 aromatic rings. The molecule has 0 amide bonds. The van der Waals surface area contributed by atoms with Gasteiger partial charge in [-0.25, -0.2) is 13.4 Å². The molecule has 186 valence electrons. The van der Waals surface area contributed by atoms with Crippen LogP contribution in [0.3, 0.4) is 0 Å². The van der Waals surface area contributed by atoms with E-state index in [0.717, 1.165) is 30.3 Å². The van der Waals surface area contributed by atoms with Gasteiger partial charge in [-0.2, -0.15) is 4.31 Å². The maximum atomic E-state index is 13.1. The zero-order chi connectivity index (χ0) is 24.4. The molecule has 0 N–H and O–H groups in total. The van der Waals surface area contributed by atoms with E-state index in [1.165, 1.54) is 0 Å². The molecule has 3 heterocycles. The highest BCUT2D eigenvalue weighted by Crippen LogP contribution is 2.31. The first kappa shape index (κ1) is 23.6. The standard InChI is InChI=1S/C25H29N3O6S/c1-2-28-21-8-7-19(35(30,31)27-10-4-3-5-11-27)16-20(21)26-24(28)17-34-25(29)15-18-6-9-22-23(14-18)33-13-12-32-22/h6-9,14,16H,2-5,10-13,15,17H2,1H3. The van der Waals surface area contributed by atoms with Crippen LogP contribution in [-0.4, -0.2) is 54.5 Å². The number of sulfonamides is 1. The van der Waals surface area contributed by atoms with E-state index < -0.39 is 10.0 Å². The third-order valence-corrected chi connectivity index (χ3v) is 8.28. The largest absolute Gasteiger partial charge is 0.486 e. The first-order valence-electron chi connectivity index (χ1n) is 12.0. The Labute approximate surface area is 204 Å². The number of fused-ring (bicyclic) bond motifs is 2. The molecule has 10 heteroatoms. The quantitative estimate of drug-likeness (QED) is 0.460. The number of nitrogens with zero attached hydrogens (tertiary/aromatic N) is 3. The van der Waals surface area contributed by atoms with Gasteiger partial charge in [0, 0.05) is 19.6 Å². The Kier molecular flexibility index (Phi) is 6.66. The molecule has 0 atom stereocenters. The van der Waals surface area contributed by atoms with Crippen molar-refractivity contribution >= 4 is 27.0 Å². The number of hydrogen-bond acceptors (Lipinski definition) is 7. The first-order valence-corrected chi connectivity index (χ1v) is 13.4. The minimum atomic E-state index is -3.55. The Morgan fingerprint density at radius 2 is 1.80 bits per heavy atom. The van der Waals surface area contributed by atoms with E-state index in [0.29, 0.717) is 55.7 Å². The van der Waals surface area contributed by atoms with Crippen LogP contribution in [0.1, 0.15) is 37.6 Å². The van der Waals surface area contributed by atoms with Gasteiger partial charge in [-0.3, -0.25) is 4.79 Å². The normalized spacial score (nSPS) is 16.4.